The molecule has 0 radical (unpaired) electrons. The zero-order valence-corrected chi connectivity index (χ0v) is 8.13. The van der Waals surface area contributed by atoms with Crippen LogP contribution < -0.4 is 11.1 Å². The lowest BCUT2D eigenvalue weighted by molar-refractivity contribution is 0.628. The first-order valence-electron chi connectivity index (χ1n) is 4.67. The second kappa shape index (κ2) is 4.04. The summed E-state index contributed by atoms with van der Waals surface area (Å²) in [4.78, 5) is 3.04. The number of anilines is 2. The van der Waals surface area contributed by atoms with Crippen molar-refractivity contribution in [2.45, 2.75) is 6.54 Å². The Morgan fingerprint density at radius 3 is 2.93 bits per heavy atom. The lowest BCUT2D eigenvalue weighted by Gasteiger charge is -2.08. The Balaban J connectivity index is 2.07. The monoisotopic (exact) mass is 205 g/mol. The maximum atomic E-state index is 12.9. The standard InChI is InChI=1S/C11H12FN3/c12-8-3-4-10(13)11(6-8)15-7-9-2-1-5-14-9/h1-6,14-15H,7,13H2. The van der Waals surface area contributed by atoms with Crippen molar-refractivity contribution >= 4 is 11.4 Å². The third-order valence-corrected chi connectivity index (χ3v) is 2.15. The van der Waals surface area contributed by atoms with Gasteiger partial charge in [-0.2, -0.15) is 0 Å². The zero-order chi connectivity index (χ0) is 10.7. The second-order valence-electron chi connectivity index (χ2n) is 3.28. The van der Waals surface area contributed by atoms with Crippen molar-refractivity contribution in [3.05, 3.63) is 48.0 Å². The topological polar surface area (TPSA) is 53.8 Å². The van der Waals surface area contributed by atoms with Crippen LogP contribution in [0.2, 0.25) is 0 Å². The summed E-state index contributed by atoms with van der Waals surface area (Å²) in [7, 11) is 0. The lowest BCUT2D eigenvalue weighted by Crippen LogP contribution is -2.02. The van der Waals surface area contributed by atoms with Gasteiger partial charge in [-0.3, -0.25) is 0 Å². The quantitative estimate of drug-likeness (QED) is 0.674. The smallest absolute Gasteiger partial charge is 0.125 e. The van der Waals surface area contributed by atoms with E-state index in [1.807, 2.05) is 18.3 Å². The molecule has 1 aromatic heterocycles. The molecule has 15 heavy (non-hydrogen) atoms. The summed E-state index contributed by atoms with van der Waals surface area (Å²) in [6, 6.07) is 8.13. The number of aromatic amines is 1. The second-order valence-corrected chi connectivity index (χ2v) is 3.28. The molecule has 0 aliphatic rings. The molecule has 4 heteroatoms. The fourth-order valence-corrected chi connectivity index (χ4v) is 1.35. The fraction of sp³-hybridized carbons (Fsp3) is 0.0909. The molecule has 0 unspecified atom stereocenters. The summed E-state index contributed by atoms with van der Waals surface area (Å²) in [6.45, 7) is 0.598. The molecule has 0 saturated carbocycles. The van der Waals surface area contributed by atoms with E-state index in [0.717, 1.165) is 5.69 Å². The first-order valence-corrected chi connectivity index (χ1v) is 4.67. The molecule has 0 saturated heterocycles. The minimum absolute atomic E-state index is 0.293. The Morgan fingerprint density at radius 2 is 2.20 bits per heavy atom. The number of benzene rings is 1. The van der Waals surface area contributed by atoms with Crippen LogP contribution in [0, 0.1) is 5.82 Å². The Labute approximate surface area is 87.1 Å². The van der Waals surface area contributed by atoms with Gasteiger partial charge in [0.2, 0.25) is 0 Å². The van der Waals surface area contributed by atoms with E-state index in [2.05, 4.69) is 10.3 Å². The van der Waals surface area contributed by atoms with Gasteiger partial charge >= 0.3 is 0 Å². The van der Waals surface area contributed by atoms with Crippen molar-refractivity contribution in [1.29, 1.82) is 0 Å². The number of hydrogen-bond donors (Lipinski definition) is 3. The average Bonchev–Trinajstić information content (AvgIpc) is 2.72. The highest BCUT2D eigenvalue weighted by molar-refractivity contribution is 5.65. The van der Waals surface area contributed by atoms with Crippen LogP contribution in [0.5, 0.6) is 0 Å². The fourth-order valence-electron chi connectivity index (χ4n) is 1.35. The van der Waals surface area contributed by atoms with Gasteiger partial charge in [-0.25, -0.2) is 4.39 Å². The maximum absolute atomic E-state index is 12.9. The molecule has 2 rings (SSSR count). The maximum Gasteiger partial charge on any atom is 0.125 e. The van der Waals surface area contributed by atoms with Gasteiger partial charge < -0.3 is 16.0 Å². The van der Waals surface area contributed by atoms with E-state index in [0.29, 0.717) is 17.9 Å². The summed E-state index contributed by atoms with van der Waals surface area (Å²) >= 11 is 0. The third kappa shape index (κ3) is 2.28. The van der Waals surface area contributed by atoms with Gasteiger partial charge in [0.15, 0.2) is 0 Å². The summed E-state index contributed by atoms with van der Waals surface area (Å²) in [5.41, 5.74) is 7.88. The van der Waals surface area contributed by atoms with Crippen molar-refractivity contribution in [1.82, 2.24) is 4.98 Å². The Bertz CT molecular complexity index is 437. The Kier molecular flexibility index (Phi) is 2.58. The highest BCUT2D eigenvalue weighted by Gasteiger charge is 2.00. The van der Waals surface area contributed by atoms with Crippen molar-refractivity contribution in [2.24, 2.45) is 0 Å². The summed E-state index contributed by atoms with van der Waals surface area (Å²) in [5, 5.41) is 3.06. The van der Waals surface area contributed by atoms with E-state index in [4.69, 9.17) is 5.73 Å². The normalized spacial score (nSPS) is 10.2. The van der Waals surface area contributed by atoms with Gasteiger partial charge in [0.25, 0.3) is 0 Å². The third-order valence-electron chi connectivity index (χ3n) is 2.15. The van der Waals surface area contributed by atoms with E-state index in [9.17, 15) is 4.39 Å². The van der Waals surface area contributed by atoms with Gasteiger partial charge in [0.05, 0.1) is 17.9 Å². The highest BCUT2D eigenvalue weighted by atomic mass is 19.1. The predicted octanol–water partition coefficient (Wildman–Crippen LogP) is 2.35. The van der Waals surface area contributed by atoms with Crippen LogP contribution in [-0.2, 0) is 6.54 Å². The molecular formula is C11H12FN3. The number of nitrogen functional groups attached to an aromatic ring is 1. The van der Waals surface area contributed by atoms with E-state index < -0.39 is 0 Å². The molecular weight excluding hydrogens is 193 g/mol. The molecule has 0 aliphatic carbocycles. The van der Waals surface area contributed by atoms with Crippen LogP contribution in [0.1, 0.15) is 5.69 Å². The van der Waals surface area contributed by atoms with Crippen LogP contribution >= 0.6 is 0 Å². The molecule has 2 aromatic rings. The van der Waals surface area contributed by atoms with Crippen LogP contribution in [0.15, 0.2) is 36.5 Å². The first-order chi connectivity index (χ1) is 7.25. The van der Waals surface area contributed by atoms with Crippen LogP contribution in [0.3, 0.4) is 0 Å². The number of aromatic nitrogens is 1. The van der Waals surface area contributed by atoms with Crippen molar-refractivity contribution in [3.63, 3.8) is 0 Å². The highest BCUT2D eigenvalue weighted by Crippen LogP contribution is 2.19. The molecule has 0 aliphatic heterocycles. The minimum atomic E-state index is -0.293. The largest absolute Gasteiger partial charge is 0.397 e. The van der Waals surface area contributed by atoms with Gasteiger partial charge in [-0.1, -0.05) is 0 Å². The van der Waals surface area contributed by atoms with E-state index in [-0.39, 0.29) is 5.82 Å². The molecule has 0 bridgehead atoms. The molecule has 0 spiro atoms. The molecule has 3 nitrogen and oxygen atoms in total. The van der Waals surface area contributed by atoms with E-state index >= 15 is 0 Å². The van der Waals surface area contributed by atoms with Gasteiger partial charge in [-0.15, -0.1) is 0 Å². The van der Waals surface area contributed by atoms with Gasteiger partial charge in [0.1, 0.15) is 5.82 Å². The van der Waals surface area contributed by atoms with Crippen molar-refractivity contribution < 1.29 is 4.39 Å². The molecule has 0 fully saturated rings. The van der Waals surface area contributed by atoms with Crippen LogP contribution in [0.4, 0.5) is 15.8 Å². The number of rotatable bonds is 3. The van der Waals surface area contributed by atoms with E-state index in [1.54, 1.807) is 6.07 Å². The van der Waals surface area contributed by atoms with Crippen molar-refractivity contribution in [2.75, 3.05) is 11.1 Å². The molecule has 0 atom stereocenters. The molecule has 1 aromatic carbocycles. The Morgan fingerprint density at radius 1 is 1.33 bits per heavy atom. The minimum Gasteiger partial charge on any atom is -0.397 e. The summed E-state index contributed by atoms with van der Waals surface area (Å²) < 4.78 is 12.9. The van der Waals surface area contributed by atoms with Gasteiger partial charge in [-0.05, 0) is 30.3 Å². The van der Waals surface area contributed by atoms with Crippen molar-refractivity contribution in [3.8, 4) is 0 Å². The lowest BCUT2D eigenvalue weighted by atomic mass is 10.2. The SMILES string of the molecule is Nc1ccc(F)cc1NCc1ccc[nH]1. The predicted molar refractivity (Wildman–Crippen MR) is 58.9 cm³/mol. The average molecular weight is 205 g/mol. The molecule has 78 valence electrons. The van der Waals surface area contributed by atoms with Crippen LogP contribution in [-0.4, -0.2) is 4.98 Å². The summed E-state index contributed by atoms with van der Waals surface area (Å²) in [5.74, 6) is -0.293. The van der Waals surface area contributed by atoms with Crippen LogP contribution in [0.25, 0.3) is 0 Å². The number of nitrogens with two attached hydrogens (primary N) is 1. The number of hydrogen-bond acceptors (Lipinski definition) is 2. The van der Waals surface area contributed by atoms with E-state index in [1.165, 1.54) is 12.1 Å². The molecule has 1 heterocycles. The number of nitrogens with one attached hydrogen (secondary N) is 2. The number of H-pyrrole nitrogens is 1. The summed E-state index contributed by atoms with van der Waals surface area (Å²) in [6.07, 6.45) is 1.84. The van der Waals surface area contributed by atoms with Gasteiger partial charge in [0, 0.05) is 11.9 Å². The molecule has 4 N–H and O–H groups in total. The zero-order valence-electron chi connectivity index (χ0n) is 8.13. The first kappa shape index (κ1) is 9.58. The molecule has 0 amide bonds. The Hall–Kier alpha value is -1.97. The number of halogens is 1.